The van der Waals surface area contributed by atoms with Gasteiger partial charge in [0.25, 0.3) is 0 Å². The van der Waals surface area contributed by atoms with Crippen molar-refractivity contribution in [3.05, 3.63) is 97.7 Å². The van der Waals surface area contributed by atoms with Gasteiger partial charge < -0.3 is 80.9 Å². The number of carboxylic acids is 1. The Hall–Kier alpha value is -3.70. The van der Waals surface area contributed by atoms with E-state index in [9.17, 15) is 65.8 Å². The monoisotopic (exact) mass is 996 g/mol. The highest BCUT2D eigenvalue weighted by molar-refractivity contribution is 5.71. The normalized spacial score (nSPS) is 30.0. The second-order valence-electron chi connectivity index (χ2n) is 18.3. The minimum atomic E-state index is -1.93. The Labute approximate surface area is 414 Å². The van der Waals surface area contributed by atoms with Crippen LogP contribution in [0.1, 0.15) is 99.8 Å². The van der Waals surface area contributed by atoms with Gasteiger partial charge >= 0.3 is 11.9 Å². The van der Waals surface area contributed by atoms with Gasteiger partial charge in [0.1, 0.15) is 18.1 Å². The standard InChI is InChI=1S/C30H48O7.C22H37NO10/c1-6-7-8-9-10-11-12-13-14-15-16-17-22(2)30(36)23(3)25(5)37-29(35)21-27(33)20-26(32)18-19-28(34)24(4)31;1-4-6-7-13(32-21-19(27)17(23)18(26)11(3)31-21)8-15-16(20(28)29)14(25)10-22(30,33-15)9-12(24)5-2/h6-17,22-28,30-34,36H,18-21H2,1-5H3;4,6-7,11-19,21,24-27,30H,1,5,8-10,23H2,2-3H3,(H,28,29)/b7-6+,9-8+,11-10+,13-12+,15-14+,17-16+;7-6+/t22-,23-,24+,25-,26+,27+,28+,30+;11?,12-,13-,14-,15-,16+,17?,18?,19?,21?,22+/m00/s1. The summed E-state index contributed by atoms with van der Waals surface area (Å²) in [7, 11) is 0. The first-order valence-electron chi connectivity index (χ1n) is 24.2. The van der Waals surface area contributed by atoms with Crippen LogP contribution in [0.25, 0.3) is 0 Å². The molecule has 0 saturated carbocycles. The summed E-state index contributed by atoms with van der Waals surface area (Å²) >= 11 is 0. The number of hydrogen-bond donors (Lipinski definition) is 12. The Morgan fingerprint density at radius 3 is 1.96 bits per heavy atom. The summed E-state index contributed by atoms with van der Waals surface area (Å²) in [4.78, 5) is 24.1. The molecule has 2 rings (SSSR count). The van der Waals surface area contributed by atoms with Gasteiger partial charge in [-0.3, -0.25) is 9.59 Å². The molecule has 13 N–H and O–H groups in total. The van der Waals surface area contributed by atoms with E-state index in [0.29, 0.717) is 6.42 Å². The molecule has 0 aromatic carbocycles. The molecule has 0 aliphatic carbocycles. The third kappa shape index (κ3) is 24.1. The second-order valence-corrected chi connectivity index (χ2v) is 18.3. The van der Waals surface area contributed by atoms with E-state index in [2.05, 4.69) is 6.58 Å². The molecule has 0 radical (unpaired) electrons. The van der Waals surface area contributed by atoms with E-state index < -0.39 is 115 Å². The van der Waals surface area contributed by atoms with Gasteiger partial charge in [0.15, 0.2) is 12.1 Å². The first kappa shape index (κ1) is 64.3. The van der Waals surface area contributed by atoms with E-state index in [-0.39, 0.29) is 56.8 Å². The average Bonchev–Trinajstić information content (AvgIpc) is 3.28. The lowest BCUT2D eigenvalue weighted by Crippen LogP contribution is -2.61. The summed E-state index contributed by atoms with van der Waals surface area (Å²) in [5, 5.41) is 111. The number of rotatable bonds is 28. The van der Waals surface area contributed by atoms with Crippen LogP contribution in [0.4, 0.5) is 0 Å². The number of hydrogen-bond acceptors (Lipinski definition) is 17. The second kappa shape index (κ2) is 33.9. The van der Waals surface area contributed by atoms with E-state index in [1.807, 2.05) is 86.8 Å². The fraction of sp³-hybridized carbons (Fsp3) is 0.654. The Balaban J connectivity index is 0.000000703. The molecular formula is C52H85NO17. The highest BCUT2D eigenvalue weighted by Gasteiger charge is 2.50. The number of carbonyl (C=O) groups is 2. The zero-order valence-electron chi connectivity index (χ0n) is 41.9. The zero-order valence-corrected chi connectivity index (χ0v) is 41.9. The molecule has 0 aromatic heterocycles. The predicted octanol–water partition coefficient (Wildman–Crippen LogP) is 2.93. The van der Waals surface area contributed by atoms with Crippen molar-refractivity contribution in [2.24, 2.45) is 23.5 Å². The van der Waals surface area contributed by atoms with Crippen LogP contribution in [0.15, 0.2) is 97.7 Å². The van der Waals surface area contributed by atoms with E-state index in [4.69, 9.17) is 24.7 Å². The number of carboxylic acid groups (broad SMARTS) is 1. The lowest BCUT2D eigenvalue weighted by molar-refractivity contribution is -0.308. The minimum Gasteiger partial charge on any atom is -0.481 e. The Morgan fingerprint density at radius 2 is 1.41 bits per heavy atom. The highest BCUT2D eigenvalue weighted by Crippen LogP contribution is 2.38. The van der Waals surface area contributed by atoms with E-state index >= 15 is 0 Å². The molecule has 0 spiro atoms. The van der Waals surface area contributed by atoms with Crippen LogP contribution in [0.5, 0.6) is 0 Å². The van der Waals surface area contributed by atoms with Gasteiger partial charge in [-0.2, -0.15) is 0 Å². The van der Waals surface area contributed by atoms with Crippen LogP contribution in [-0.4, -0.2) is 166 Å². The maximum atomic E-state index is 12.2. The summed E-state index contributed by atoms with van der Waals surface area (Å²) in [6.07, 6.45) is 13.2. The molecular weight excluding hydrogens is 911 g/mol. The van der Waals surface area contributed by atoms with Crippen LogP contribution in [0, 0.1) is 17.8 Å². The molecule has 18 nitrogen and oxygen atoms in total. The number of allylic oxidation sites excluding steroid dienone is 13. The average molecular weight is 996 g/mol. The van der Waals surface area contributed by atoms with E-state index in [1.54, 1.807) is 33.8 Å². The van der Waals surface area contributed by atoms with Crippen molar-refractivity contribution in [2.45, 2.75) is 197 Å². The fourth-order valence-corrected chi connectivity index (χ4v) is 7.64. The molecule has 2 heterocycles. The number of carbonyl (C=O) groups excluding carboxylic acids is 1. The maximum absolute atomic E-state index is 12.2. The van der Waals surface area contributed by atoms with Gasteiger partial charge in [-0.1, -0.05) is 118 Å². The van der Waals surface area contributed by atoms with Crippen molar-refractivity contribution in [1.29, 1.82) is 0 Å². The summed E-state index contributed by atoms with van der Waals surface area (Å²) < 4.78 is 22.5. The SMILES string of the molecule is C/C=C/C=C/C=C/C=C/C=C/C=C/[C@H](C)[C@@H](O)[C@@H](C)[C@H](C)OC(=O)C[C@H](O)C[C@H](O)CC[C@@H](O)[C@@H](C)O.C=C/C=C/[C@@H](C[C@@H]1O[C@](O)(C[C@@H](O)CC)C[C@H](O)[C@H]1C(=O)O)OC1OC(C)C(O)C(N)C1O. The molecule has 400 valence electrons. The quantitative estimate of drug-likeness (QED) is 0.0396. The summed E-state index contributed by atoms with van der Waals surface area (Å²) in [5.74, 6) is -5.73. The van der Waals surface area contributed by atoms with Crippen LogP contribution in [0.2, 0.25) is 0 Å². The molecule has 0 aromatic rings. The smallest absolute Gasteiger partial charge is 0.311 e. The van der Waals surface area contributed by atoms with E-state index in [1.165, 1.54) is 19.1 Å². The van der Waals surface area contributed by atoms with Crippen molar-refractivity contribution < 1.29 is 84.7 Å². The van der Waals surface area contributed by atoms with Crippen molar-refractivity contribution in [3.8, 4) is 0 Å². The molecule has 70 heavy (non-hydrogen) atoms. The summed E-state index contributed by atoms with van der Waals surface area (Å²) in [6, 6.07) is -1.03. The topological polar surface area (TPSA) is 320 Å². The van der Waals surface area contributed by atoms with Crippen LogP contribution in [-0.2, 0) is 28.5 Å². The number of aliphatic carboxylic acids is 1. The Bertz CT molecular complexity index is 1710. The van der Waals surface area contributed by atoms with Crippen LogP contribution < -0.4 is 5.73 Å². The molecule has 0 amide bonds. The van der Waals surface area contributed by atoms with Gasteiger partial charge in [-0.05, 0) is 53.4 Å². The number of aliphatic hydroxyl groups excluding tert-OH is 9. The molecule has 2 saturated heterocycles. The van der Waals surface area contributed by atoms with Gasteiger partial charge in [-0.25, -0.2) is 0 Å². The Kier molecular flexibility index (Phi) is 31.1. The minimum absolute atomic E-state index is 0.0391. The van der Waals surface area contributed by atoms with Crippen LogP contribution in [0.3, 0.4) is 0 Å². The summed E-state index contributed by atoms with van der Waals surface area (Å²) in [5.41, 5.74) is 5.85. The Morgan fingerprint density at radius 1 is 0.829 bits per heavy atom. The molecule has 0 bridgehead atoms. The van der Waals surface area contributed by atoms with Gasteiger partial charge in [0.05, 0.1) is 79.6 Å². The molecule has 2 aliphatic rings. The number of esters is 1. The predicted molar refractivity (Wildman–Crippen MR) is 264 cm³/mol. The zero-order chi connectivity index (χ0) is 53.1. The highest BCUT2D eigenvalue weighted by atomic mass is 16.7. The van der Waals surface area contributed by atoms with Gasteiger partial charge in [-0.15, -0.1) is 0 Å². The lowest BCUT2D eigenvalue weighted by Gasteiger charge is -2.45. The van der Waals surface area contributed by atoms with Crippen molar-refractivity contribution in [2.75, 3.05) is 0 Å². The van der Waals surface area contributed by atoms with Crippen molar-refractivity contribution >= 4 is 11.9 Å². The first-order valence-corrected chi connectivity index (χ1v) is 24.2. The van der Waals surface area contributed by atoms with E-state index in [0.717, 1.165) is 0 Å². The maximum Gasteiger partial charge on any atom is 0.311 e. The van der Waals surface area contributed by atoms with Crippen molar-refractivity contribution in [3.63, 3.8) is 0 Å². The number of ether oxygens (including phenoxy) is 4. The fourth-order valence-electron chi connectivity index (χ4n) is 7.64. The van der Waals surface area contributed by atoms with Crippen LogP contribution >= 0.6 is 0 Å². The third-order valence-corrected chi connectivity index (χ3v) is 12.2. The molecule has 2 aliphatic heterocycles. The lowest BCUT2D eigenvalue weighted by atomic mass is 9.83. The third-order valence-electron chi connectivity index (χ3n) is 12.2. The summed E-state index contributed by atoms with van der Waals surface area (Å²) in [6.45, 7) is 15.7. The molecule has 2 fully saturated rings. The largest absolute Gasteiger partial charge is 0.481 e. The number of aliphatic hydroxyl groups is 10. The molecule has 19 atom stereocenters. The first-order chi connectivity index (χ1) is 32.9. The van der Waals surface area contributed by atoms with Gasteiger partial charge in [0, 0.05) is 31.1 Å². The van der Waals surface area contributed by atoms with Gasteiger partial charge in [0.2, 0.25) is 0 Å². The molecule has 5 unspecified atom stereocenters. The number of nitrogens with two attached hydrogens (primary N) is 1. The molecule has 18 heteroatoms. The van der Waals surface area contributed by atoms with Crippen molar-refractivity contribution in [1.82, 2.24) is 0 Å².